The SMILES string of the molecule is CC1(C)NC(=O)CCN(Cc2cccc(O)c2)C1=O. The fraction of sp³-hybridized carbons (Fsp3) is 0.429. The van der Waals surface area contributed by atoms with Crippen molar-refractivity contribution in [1.29, 1.82) is 0 Å². The Balaban J connectivity index is 2.19. The van der Waals surface area contributed by atoms with Crippen molar-refractivity contribution in [2.75, 3.05) is 6.54 Å². The van der Waals surface area contributed by atoms with E-state index < -0.39 is 5.54 Å². The van der Waals surface area contributed by atoms with Gasteiger partial charge in [-0.3, -0.25) is 9.59 Å². The minimum Gasteiger partial charge on any atom is -0.508 e. The van der Waals surface area contributed by atoms with Crippen LogP contribution in [0.15, 0.2) is 24.3 Å². The molecular weight excluding hydrogens is 244 g/mol. The molecule has 19 heavy (non-hydrogen) atoms. The minimum atomic E-state index is -0.885. The molecule has 0 spiro atoms. The molecule has 5 heteroatoms. The predicted octanol–water partition coefficient (Wildman–Crippen LogP) is 1.02. The zero-order valence-corrected chi connectivity index (χ0v) is 11.1. The second kappa shape index (κ2) is 4.91. The van der Waals surface area contributed by atoms with Crippen LogP contribution in [-0.4, -0.2) is 33.9 Å². The number of carbonyl (C=O) groups excluding carboxylic acids is 2. The average Bonchev–Trinajstić information content (AvgIpc) is 2.40. The van der Waals surface area contributed by atoms with Crippen LogP contribution in [0.5, 0.6) is 5.75 Å². The molecular formula is C14H18N2O3. The Morgan fingerprint density at radius 1 is 1.37 bits per heavy atom. The van der Waals surface area contributed by atoms with E-state index in [2.05, 4.69) is 5.32 Å². The first-order valence-electron chi connectivity index (χ1n) is 6.27. The van der Waals surface area contributed by atoms with E-state index in [9.17, 15) is 14.7 Å². The Bertz CT molecular complexity index is 511. The van der Waals surface area contributed by atoms with Crippen LogP contribution in [0.1, 0.15) is 25.8 Å². The van der Waals surface area contributed by atoms with Gasteiger partial charge in [-0.05, 0) is 31.5 Å². The van der Waals surface area contributed by atoms with Gasteiger partial charge in [-0.1, -0.05) is 12.1 Å². The zero-order valence-electron chi connectivity index (χ0n) is 11.1. The summed E-state index contributed by atoms with van der Waals surface area (Å²) in [5.74, 6) is -0.0494. The van der Waals surface area contributed by atoms with E-state index in [4.69, 9.17) is 0 Å². The Morgan fingerprint density at radius 2 is 2.11 bits per heavy atom. The minimum absolute atomic E-state index is 0.110. The maximum Gasteiger partial charge on any atom is 0.248 e. The molecule has 1 aliphatic heterocycles. The van der Waals surface area contributed by atoms with Crippen molar-refractivity contribution in [2.24, 2.45) is 0 Å². The van der Waals surface area contributed by atoms with Crippen LogP contribution >= 0.6 is 0 Å². The Hall–Kier alpha value is -2.04. The normalized spacial score (nSPS) is 18.9. The molecule has 2 rings (SSSR count). The Kier molecular flexibility index (Phi) is 3.46. The van der Waals surface area contributed by atoms with Crippen molar-refractivity contribution in [3.63, 3.8) is 0 Å². The number of amides is 2. The fourth-order valence-corrected chi connectivity index (χ4v) is 2.22. The van der Waals surface area contributed by atoms with Crippen molar-refractivity contribution in [2.45, 2.75) is 32.4 Å². The van der Waals surface area contributed by atoms with Crippen molar-refractivity contribution in [1.82, 2.24) is 10.2 Å². The van der Waals surface area contributed by atoms with Gasteiger partial charge in [-0.15, -0.1) is 0 Å². The first-order valence-corrected chi connectivity index (χ1v) is 6.27. The maximum atomic E-state index is 12.4. The van der Waals surface area contributed by atoms with Crippen LogP contribution in [0.3, 0.4) is 0 Å². The largest absolute Gasteiger partial charge is 0.508 e. The summed E-state index contributed by atoms with van der Waals surface area (Å²) in [7, 11) is 0. The van der Waals surface area contributed by atoms with Gasteiger partial charge < -0.3 is 15.3 Å². The molecule has 0 radical (unpaired) electrons. The lowest BCUT2D eigenvalue weighted by Crippen LogP contribution is -2.52. The molecule has 1 heterocycles. The van der Waals surface area contributed by atoms with Gasteiger partial charge in [-0.25, -0.2) is 0 Å². The third-order valence-electron chi connectivity index (χ3n) is 3.17. The standard InChI is InChI=1S/C14H18N2O3/c1-14(2)13(19)16(7-6-12(18)15-14)9-10-4-3-5-11(17)8-10/h3-5,8,17H,6-7,9H2,1-2H3,(H,15,18). The third kappa shape index (κ3) is 3.05. The van der Waals surface area contributed by atoms with Gasteiger partial charge in [0, 0.05) is 19.5 Å². The summed E-state index contributed by atoms with van der Waals surface area (Å²) < 4.78 is 0. The van der Waals surface area contributed by atoms with Crippen molar-refractivity contribution >= 4 is 11.8 Å². The van der Waals surface area contributed by atoms with E-state index in [0.29, 0.717) is 19.5 Å². The molecule has 5 nitrogen and oxygen atoms in total. The summed E-state index contributed by atoms with van der Waals surface area (Å²) in [4.78, 5) is 25.6. The molecule has 2 amide bonds. The number of phenols is 1. The topological polar surface area (TPSA) is 69.6 Å². The molecule has 1 fully saturated rings. The highest BCUT2D eigenvalue weighted by molar-refractivity contribution is 5.92. The van der Waals surface area contributed by atoms with Crippen molar-refractivity contribution < 1.29 is 14.7 Å². The van der Waals surface area contributed by atoms with Crippen LogP contribution in [0, 0.1) is 0 Å². The average molecular weight is 262 g/mol. The van der Waals surface area contributed by atoms with Gasteiger partial charge in [0.05, 0.1) is 0 Å². The predicted molar refractivity (Wildman–Crippen MR) is 70.4 cm³/mol. The second-order valence-corrected chi connectivity index (χ2v) is 5.32. The van der Waals surface area contributed by atoms with Gasteiger partial charge in [-0.2, -0.15) is 0 Å². The number of phenolic OH excluding ortho intramolecular Hbond substituents is 1. The highest BCUT2D eigenvalue weighted by Crippen LogP contribution is 2.18. The number of hydrogen-bond donors (Lipinski definition) is 2. The van der Waals surface area contributed by atoms with Gasteiger partial charge in [0.1, 0.15) is 11.3 Å². The van der Waals surface area contributed by atoms with Crippen LogP contribution < -0.4 is 5.32 Å². The first-order chi connectivity index (χ1) is 8.88. The lowest BCUT2D eigenvalue weighted by molar-refractivity contribution is -0.137. The van der Waals surface area contributed by atoms with Crippen LogP contribution in [0.2, 0.25) is 0 Å². The number of benzene rings is 1. The van der Waals surface area contributed by atoms with Crippen LogP contribution in [-0.2, 0) is 16.1 Å². The van der Waals surface area contributed by atoms with Gasteiger partial charge in [0.25, 0.3) is 0 Å². The maximum absolute atomic E-state index is 12.4. The summed E-state index contributed by atoms with van der Waals surface area (Å²) in [5, 5.41) is 12.2. The van der Waals surface area contributed by atoms with Crippen molar-refractivity contribution in [3.05, 3.63) is 29.8 Å². The van der Waals surface area contributed by atoms with Gasteiger partial charge in [0.15, 0.2) is 0 Å². The molecule has 1 aromatic carbocycles. The second-order valence-electron chi connectivity index (χ2n) is 5.32. The summed E-state index contributed by atoms with van der Waals surface area (Å²) in [6.07, 6.45) is 0.300. The van der Waals surface area contributed by atoms with E-state index in [-0.39, 0.29) is 17.6 Å². The number of rotatable bonds is 2. The lowest BCUT2D eigenvalue weighted by Gasteiger charge is -2.28. The molecule has 0 aromatic heterocycles. The van der Waals surface area contributed by atoms with Gasteiger partial charge in [0.2, 0.25) is 11.8 Å². The molecule has 0 saturated carbocycles. The smallest absolute Gasteiger partial charge is 0.248 e. The molecule has 1 aromatic rings. The van der Waals surface area contributed by atoms with Crippen LogP contribution in [0.4, 0.5) is 0 Å². The quantitative estimate of drug-likeness (QED) is 0.836. The van der Waals surface area contributed by atoms with Crippen molar-refractivity contribution in [3.8, 4) is 5.75 Å². The number of nitrogens with one attached hydrogen (secondary N) is 1. The van der Waals surface area contributed by atoms with Gasteiger partial charge >= 0.3 is 0 Å². The molecule has 1 aliphatic rings. The molecule has 1 saturated heterocycles. The Morgan fingerprint density at radius 3 is 2.79 bits per heavy atom. The zero-order chi connectivity index (χ0) is 14.0. The molecule has 0 bridgehead atoms. The highest BCUT2D eigenvalue weighted by Gasteiger charge is 2.36. The van der Waals surface area contributed by atoms with E-state index in [1.807, 2.05) is 6.07 Å². The summed E-state index contributed by atoms with van der Waals surface area (Å²) in [5.41, 5.74) is -0.0387. The van der Waals surface area contributed by atoms with Crippen LogP contribution in [0.25, 0.3) is 0 Å². The molecule has 0 unspecified atom stereocenters. The van der Waals surface area contributed by atoms with E-state index >= 15 is 0 Å². The molecule has 2 N–H and O–H groups in total. The third-order valence-corrected chi connectivity index (χ3v) is 3.17. The van der Waals surface area contributed by atoms with E-state index in [1.54, 1.807) is 36.9 Å². The molecule has 0 aliphatic carbocycles. The summed E-state index contributed by atoms with van der Waals surface area (Å²) in [6.45, 7) is 4.19. The first kappa shape index (κ1) is 13.4. The number of aromatic hydroxyl groups is 1. The Labute approximate surface area is 112 Å². The highest BCUT2D eigenvalue weighted by atomic mass is 16.3. The lowest BCUT2D eigenvalue weighted by atomic mass is 10.0. The molecule has 0 atom stereocenters. The monoisotopic (exact) mass is 262 g/mol. The number of nitrogens with zero attached hydrogens (tertiary/aromatic N) is 1. The fourth-order valence-electron chi connectivity index (χ4n) is 2.22. The number of carbonyl (C=O) groups is 2. The summed E-state index contributed by atoms with van der Waals surface area (Å²) in [6, 6.07) is 6.80. The van der Waals surface area contributed by atoms with E-state index in [0.717, 1.165) is 5.56 Å². The van der Waals surface area contributed by atoms with E-state index in [1.165, 1.54) is 0 Å². The summed E-state index contributed by atoms with van der Waals surface area (Å²) >= 11 is 0. The molecule has 102 valence electrons. The number of hydrogen-bond acceptors (Lipinski definition) is 3.